The molecule has 1 aromatic carbocycles. The molecular formula is C23H34O2. The zero-order chi connectivity index (χ0) is 18.4. The lowest BCUT2D eigenvalue weighted by molar-refractivity contribution is -0.126. The topological polar surface area (TPSA) is 34.1 Å². The molecule has 2 rings (SSSR count). The molecule has 0 bridgehead atoms. The molecule has 0 aromatic heterocycles. The van der Waals surface area contributed by atoms with E-state index >= 15 is 0 Å². The number of carbonyl (C=O) groups is 2. The van der Waals surface area contributed by atoms with Crippen LogP contribution in [0.25, 0.3) is 0 Å². The Kier molecular flexibility index (Phi) is 7.40. The molecule has 0 saturated heterocycles. The van der Waals surface area contributed by atoms with E-state index < -0.39 is 0 Å². The number of carbonyl (C=O) groups excluding carboxylic acids is 2. The van der Waals surface area contributed by atoms with Crippen molar-refractivity contribution < 1.29 is 9.59 Å². The molecule has 25 heavy (non-hydrogen) atoms. The molecular weight excluding hydrogens is 308 g/mol. The summed E-state index contributed by atoms with van der Waals surface area (Å²) in [5.41, 5.74) is 2.38. The lowest BCUT2D eigenvalue weighted by Crippen LogP contribution is -2.34. The van der Waals surface area contributed by atoms with Crippen LogP contribution < -0.4 is 0 Å². The summed E-state index contributed by atoms with van der Waals surface area (Å²) in [6.45, 7) is 8.45. The quantitative estimate of drug-likeness (QED) is 0.632. The number of hydrogen-bond acceptors (Lipinski definition) is 2. The maximum absolute atomic E-state index is 12.9. The van der Waals surface area contributed by atoms with E-state index in [0.29, 0.717) is 36.4 Å². The molecule has 3 unspecified atom stereocenters. The number of benzene rings is 1. The van der Waals surface area contributed by atoms with Gasteiger partial charge in [0.2, 0.25) is 0 Å². The van der Waals surface area contributed by atoms with Crippen molar-refractivity contribution in [3.8, 4) is 0 Å². The molecule has 0 aliphatic heterocycles. The van der Waals surface area contributed by atoms with Crippen molar-refractivity contribution in [1.82, 2.24) is 0 Å². The fraction of sp³-hybridized carbons (Fsp3) is 0.652. The minimum absolute atomic E-state index is 0.235. The van der Waals surface area contributed by atoms with Gasteiger partial charge in [-0.25, -0.2) is 0 Å². The minimum Gasteiger partial charge on any atom is -0.300 e. The number of rotatable bonds is 8. The normalized spacial score (nSPS) is 23.6. The van der Waals surface area contributed by atoms with Gasteiger partial charge in [0, 0.05) is 18.8 Å². The van der Waals surface area contributed by atoms with Crippen LogP contribution in [0.3, 0.4) is 0 Å². The summed E-state index contributed by atoms with van der Waals surface area (Å²) in [6.07, 6.45) is 6.58. The molecule has 0 radical (unpaired) electrons. The van der Waals surface area contributed by atoms with Crippen LogP contribution in [0.2, 0.25) is 0 Å². The average Bonchev–Trinajstić information content (AvgIpc) is 2.55. The van der Waals surface area contributed by atoms with Gasteiger partial charge in [-0.05, 0) is 61.5 Å². The van der Waals surface area contributed by atoms with Gasteiger partial charge in [0.1, 0.15) is 11.6 Å². The first-order valence-electron chi connectivity index (χ1n) is 9.96. The second-order valence-electron chi connectivity index (χ2n) is 8.45. The van der Waals surface area contributed by atoms with Crippen LogP contribution in [-0.2, 0) is 22.4 Å². The molecule has 1 aliphatic rings. The summed E-state index contributed by atoms with van der Waals surface area (Å²) in [4.78, 5) is 23.9. The molecule has 1 saturated carbocycles. The molecule has 1 aromatic rings. The van der Waals surface area contributed by atoms with E-state index in [9.17, 15) is 9.59 Å². The first-order chi connectivity index (χ1) is 11.9. The molecule has 1 fully saturated rings. The Hall–Kier alpha value is -1.44. The van der Waals surface area contributed by atoms with Gasteiger partial charge in [-0.3, -0.25) is 4.79 Å². The number of ketones is 2. The Morgan fingerprint density at radius 2 is 1.72 bits per heavy atom. The molecule has 0 N–H and O–H groups in total. The van der Waals surface area contributed by atoms with Crippen molar-refractivity contribution in [2.24, 2.45) is 23.7 Å². The van der Waals surface area contributed by atoms with Crippen molar-refractivity contribution in [2.45, 2.75) is 72.6 Å². The summed E-state index contributed by atoms with van der Waals surface area (Å²) < 4.78 is 0. The maximum Gasteiger partial charge on any atom is 0.140 e. The van der Waals surface area contributed by atoms with Crippen LogP contribution in [-0.4, -0.2) is 11.6 Å². The van der Waals surface area contributed by atoms with Gasteiger partial charge in [-0.1, -0.05) is 51.5 Å². The van der Waals surface area contributed by atoms with E-state index in [4.69, 9.17) is 0 Å². The van der Waals surface area contributed by atoms with Gasteiger partial charge >= 0.3 is 0 Å². The lowest BCUT2D eigenvalue weighted by atomic mass is 9.68. The Labute approximate surface area is 153 Å². The van der Waals surface area contributed by atoms with Gasteiger partial charge in [0.25, 0.3) is 0 Å². The number of Topliss-reactive ketones (excluding diaryl/α,β-unsaturated/α-hetero) is 2. The molecule has 1 aliphatic carbocycles. The molecule has 0 heterocycles. The average molecular weight is 343 g/mol. The fourth-order valence-corrected chi connectivity index (χ4v) is 4.27. The van der Waals surface area contributed by atoms with Crippen LogP contribution in [0.1, 0.15) is 70.9 Å². The van der Waals surface area contributed by atoms with E-state index in [-0.39, 0.29) is 11.7 Å². The summed E-state index contributed by atoms with van der Waals surface area (Å²) in [5, 5.41) is 0. The van der Waals surface area contributed by atoms with Crippen molar-refractivity contribution in [3.05, 3.63) is 35.4 Å². The lowest BCUT2D eigenvalue weighted by Gasteiger charge is -2.36. The predicted octanol–water partition coefficient (Wildman–Crippen LogP) is 5.42. The van der Waals surface area contributed by atoms with E-state index in [1.807, 2.05) is 0 Å². The van der Waals surface area contributed by atoms with Crippen LogP contribution in [0, 0.1) is 23.7 Å². The Bertz CT molecular complexity index is 570. The van der Waals surface area contributed by atoms with Gasteiger partial charge < -0.3 is 4.79 Å². The van der Waals surface area contributed by atoms with Crippen molar-refractivity contribution in [3.63, 3.8) is 0 Å². The van der Waals surface area contributed by atoms with E-state index in [2.05, 4.69) is 45.0 Å². The maximum atomic E-state index is 12.9. The van der Waals surface area contributed by atoms with E-state index in [1.54, 1.807) is 6.92 Å². The Morgan fingerprint density at radius 3 is 2.32 bits per heavy atom. The summed E-state index contributed by atoms with van der Waals surface area (Å²) in [6, 6.07) is 8.42. The zero-order valence-electron chi connectivity index (χ0n) is 16.4. The predicted molar refractivity (Wildman–Crippen MR) is 104 cm³/mol. The third kappa shape index (κ3) is 6.09. The highest BCUT2D eigenvalue weighted by Gasteiger charge is 2.34. The first kappa shape index (κ1) is 19.9. The SMILES string of the molecule is CC(=O)CCCc1ccc(CC(=O)C2CC(C)CCC2C(C)C)cc1. The summed E-state index contributed by atoms with van der Waals surface area (Å²) in [7, 11) is 0. The highest BCUT2D eigenvalue weighted by atomic mass is 16.1. The van der Waals surface area contributed by atoms with Crippen LogP contribution in [0.15, 0.2) is 24.3 Å². The monoisotopic (exact) mass is 342 g/mol. The third-order valence-corrected chi connectivity index (χ3v) is 5.83. The van der Waals surface area contributed by atoms with Gasteiger partial charge in [-0.15, -0.1) is 0 Å². The summed E-state index contributed by atoms with van der Waals surface area (Å²) in [5.74, 6) is 2.73. The zero-order valence-corrected chi connectivity index (χ0v) is 16.4. The second-order valence-corrected chi connectivity index (χ2v) is 8.45. The van der Waals surface area contributed by atoms with Gasteiger partial charge in [-0.2, -0.15) is 0 Å². The van der Waals surface area contributed by atoms with Crippen LogP contribution in [0.5, 0.6) is 0 Å². The van der Waals surface area contributed by atoms with E-state index in [0.717, 1.165) is 24.8 Å². The minimum atomic E-state index is 0.235. The number of hydrogen-bond donors (Lipinski definition) is 0. The van der Waals surface area contributed by atoms with Gasteiger partial charge in [0.15, 0.2) is 0 Å². The molecule has 138 valence electrons. The van der Waals surface area contributed by atoms with Crippen LogP contribution in [0.4, 0.5) is 0 Å². The second kappa shape index (κ2) is 9.31. The molecule has 0 amide bonds. The standard InChI is InChI=1S/C23H34O2/c1-16(2)21-13-8-17(3)14-22(21)23(25)15-20-11-9-19(10-12-20)7-5-6-18(4)24/h9-12,16-17,21-22H,5-8,13-15H2,1-4H3. The number of aryl methyl sites for hydroxylation is 1. The Morgan fingerprint density at radius 1 is 1.08 bits per heavy atom. The largest absolute Gasteiger partial charge is 0.300 e. The third-order valence-electron chi connectivity index (χ3n) is 5.83. The van der Waals surface area contributed by atoms with Crippen molar-refractivity contribution in [1.29, 1.82) is 0 Å². The van der Waals surface area contributed by atoms with Crippen LogP contribution >= 0.6 is 0 Å². The highest BCUT2D eigenvalue weighted by molar-refractivity contribution is 5.83. The van der Waals surface area contributed by atoms with Gasteiger partial charge in [0.05, 0.1) is 0 Å². The molecule has 0 spiro atoms. The fourth-order valence-electron chi connectivity index (χ4n) is 4.27. The molecule has 2 nitrogen and oxygen atoms in total. The Balaban J connectivity index is 1.93. The summed E-state index contributed by atoms with van der Waals surface area (Å²) >= 11 is 0. The highest BCUT2D eigenvalue weighted by Crippen LogP contribution is 2.38. The van der Waals surface area contributed by atoms with E-state index in [1.165, 1.54) is 18.4 Å². The molecule has 2 heteroatoms. The molecule has 3 atom stereocenters. The first-order valence-corrected chi connectivity index (χ1v) is 9.96. The van der Waals surface area contributed by atoms with Crippen molar-refractivity contribution >= 4 is 11.6 Å². The van der Waals surface area contributed by atoms with Crippen molar-refractivity contribution in [2.75, 3.05) is 0 Å². The smallest absolute Gasteiger partial charge is 0.140 e.